The topological polar surface area (TPSA) is 82.9 Å². The molecule has 1 aliphatic heterocycles. The van der Waals surface area contributed by atoms with Gasteiger partial charge >= 0.3 is 6.18 Å². The van der Waals surface area contributed by atoms with E-state index in [9.17, 15) is 18.0 Å². The smallest absolute Gasteiger partial charge is 0.401 e. The first-order chi connectivity index (χ1) is 20.0. The van der Waals surface area contributed by atoms with Crippen molar-refractivity contribution in [1.29, 1.82) is 0 Å². The molecule has 42 heavy (non-hydrogen) atoms. The van der Waals surface area contributed by atoms with Gasteiger partial charge in [-0.2, -0.15) is 13.2 Å². The number of ketones is 1. The van der Waals surface area contributed by atoms with Gasteiger partial charge in [0.1, 0.15) is 35.1 Å². The zero-order chi connectivity index (χ0) is 30.1. The van der Waals surface area contributed by atoms with Crippen molar-refractivity contribution in [2.45, 2.75) is 31.9 Å². The van der Waals surface area contributed by atoms with Crippen LogP contribution >= 0.6 is 0 Å². The second kappa shape index (κ2) is 11.4. The predicted octanol–water partition coefficient (Wildman–Crippen LogP) is 6.72. The first-order valence-electron chi connectivity index (χ1n) is 13.1. The maximum absolute atomic E-state index is 15.1. The monoisotopic (exact) mass is 581 g/mol. The maximum atomic E-state index is 15.1. The van der Waals surface area contributed by atoms with Crippen LogP contribution in [0.5, 0.6) is 11.5 Å². The highest BCUT2D eigenvalue weighted by atomic mass is 19.4. The number of aromatic nitrogens is 2. The summed E-state index contributed by atoms with van der Waals surface area (Å²) in [6, 6.07) is 7.76. The van der Waals surface area contributed by atoms with Crippen molar-refractivity contribution in [3.8, 4) is 22.8 Å². The number of hydrogen-bond donors (Lipinski definition) is 0. The summed E-state index contributed by atoms with van der Waals surface area (Å²) in [6.07, 6.45) is 0.766. The van der Waals surface area contributed by atoms with Crippen molar-refractivity contribution in [1.82, 2.24) is 9.97 Å². The second-order valence-electron chi connectivity index (χ2n) is 10.1. The number of carbonyl (C=O) groups excluding carboxylic acids is 1. The van der Waals surface area contributed by atoms with E-state index in [1.165, 1.54) is 37.6 Å². The number of alkyl halides is 3. The van der Waals surface area contributed by atoms with Gasteiger partial charge in [0.2, 0.25) is 0 Å². The lowest BCUT2D eigenvalue weighted by molar-refractivity contribution is -0.183. The van der Waals surface area contributed by atoms with Gasteiger partial charge in [-0.05, 0) is 42.2 Å². The highest BCUT2D eigenvalue weighted by Gasteiger charge is 2.67. The minimum absolute atomic E-state index is 0.0326. The Balaban J connectivity index is 1.30. The highest BCUT2D eigenvalue weighted by molar-refractivity contribution is 5.84. The molecule has 7 nitrogen and oxygen atoms in total. The van der Waals surface area contributed by atoms with E-state index in [-0.39, 0.29) is 55.2 Å². The van der Waals surface area contributed by atoms with Crippen LogP contribution in [0, 0.1) is 11.2 Å². The molecule has 218 valence electrons. The first-order valence-corrected chi connectivity index (χ1v) is 13.1. The van der Waals surface area contributed by atoms with E-state index in [1.54, 1.807) is 31.5 Å². The van der Waals surface area contributed by atoms with E-state index < -0.39 is 17.4 Å². The SMILES string of the molecule is C=C1C=C(CC(=O)Cc2ccc(-c3cnc4cc(OCC=NC)c(OC)cc4n3)cc2F)C=C(C2(C(F)(F)F)CC2)O1. The van der Waals surface area contributed by atoms with E-state index >= 15 is 4.39 Å². The second-order valence-corrected chi connectivity index (χ2v) is 10.1. The first kappa shape index (κ1) is 29.0. The van der Waals surface area contributed by atoms with Crippen LogP contribution < -0.4 is 9.47 Å². The van der Waals surface area contributed by atoms with E-state index in [4.69, 9.17) is 14.2 Å². The number of Topliss-reactive ketones (excluding diaryl/α,β-unsaturated/α-hetero) is 1. The molecule has 2 aromatic carbocycles. The van der Waals surface area contributed by atoms with Gasteiger partial charge in [-0.25, -0.2) is 9.37 Å². The fraction of sp³-hybridized carbons (Fsp3) is 0.290. The summed E-state index contributed by atoms with van der Waals surface area (Å²) in [5.74, 6) is -0.260. The van der Waals surface area contributed by atoms with Crippen LogP contribution in [0.3, 0.4) is 0 Å². The summed E-state index contributed by atoms with van der Waals surface area (Å²) in [5.41, 5.74) is 0.393. The number of nitrogens with zero attached hydrogens (tertiary/aromatic N) is 3. The summed E-state index contributed by atoms with van der Waals surface area (Å²) in [5, 5.41) is 0. The molecule has 1 aliphatic carbocycles. The molecule has 2 aliphatic rings. The van der Waals surface area contributed by atoms with Gasteiger partial charge in [0, 0.05) is 43.8 Å². The minimum atomic E-state index is -4.46. The summed E-state index contributed by atoms with van der Waals surface area (Å²) in [4.78, 5) is 25.7. The van der Waals surface area contributed by atoms with Crippen LogP contribution in [-0.4, -0.2) is 48.9 Å². The lowest BCUT2D eigenvalue weighted by Crippen LogP contribution is -2.28. The fourth-order valence-corrected chi connectivity index (χ4v) is 4.74. The minimum Gasteiger partial charge on any atom is -0.493 e. The number of hydrogen-bond acceptors (Lipinski definition) is 7. The van der Waals surface area contributed by atoms with Crippen molar-refractivity contribution in [2.24, 2.45) is 10.4 Å². The predicted molar refractivity (Wildman–Crippen MR) is 149 cm³/mol. The van der Waals surface area contributed by atoms with Gasteiger partial charge in [0.05, 0.1) is 30.0 Å². The van der Waals surface area contributed by atoms with Crippen LogP contribution in [0.1, 0.15) is 24.8 Å². The Morgan fingerprint density at radius 1 is 1.14 bits per heavy atom. The van der Waals surface area contributed by atoms with Crippen LogP contribution in [-0.2, 0) is 16.0 Å². The number of rotatable bonds is 10. The molecule has 0 N–H and O–H groups in total. The molecular weight excluding hydrogens is 554 g/mol. The summed E-state index contributed by atoms with van der Waals surface area (Å²) in [6.45, 7) is 3.88. The molecule has 1 saturated carbocycles. The van der Waals surface area contributed by atoms with Gasteiger partial charge in [-0.3, -0.25) is 14.8 Å². The third kappa shape index (κ3) is 5.90. The average Bonchev–Trinajstić information content (AvgIpc) is 3.76. The Morgan fingerprint density at radius 2 is 1.90 bits per heavy atom. The van der Waals surface area contributed by atoms with Crippen molar-refractivity contribution < 1.29 is 36.6 Å². The highest BCUT2D eigenvalue weighted by Crippen LogP contribution is 2.63. The zero-order valence-corrected chi connectivity index (χ0v) is 22.9. The van der Waals surface area contributed by atoms with Gasteiger partial charge in [-0.15, -0.1) is 0 Å². The molecule has 2 heterocycles. The van der Waals surface area contributed by atoms with Gasteiger partial charge in [0.25, 0.3) is 0 Å². The molecular formula is C31H27F4N3O4. The Morgan fingerprint density at radius 3 is 2.57 bits per heavy atom. The van der Waals surface area contributed by atoms with Crippen molar-refractivity contribution in [2.75, 3.05) is 20.8 Å². The molecule has 1 aromatic heterocycles. The molecule has 1 fully saturated rings. The zero-order valence-electron chi connectivity index (χ0n) is 22.9. The fourth-order valence-electron chi connectivity index (χ4n) is 4.74. The Labute approximate surface area is 239 Å². The van der Waals surface area contributed by atoms with Gasteiger partial charge in [0.15, 0.2) is 11.5 Å². The molecule has 0 unspecified atom stereocenters. The number of allylic oxidation sites excluding steroid dienone is 4. The number of fused-ring (bicyclic) bond motifs is 1. The third-order valence-electron chi connectivity index (χ3n) is 7.13. The van der Waals surface area contributed by atoms with E-state index in [0.29, 0.717) is 39.4 Å². The van der Waals surface area contributed by atoms with Gasteiger partial charge < -0.3 is 14.2 Å². The number of halogens is 4. The Kier molecular flexibility index (Phi) is 7.85. The molecule has 0 amide bonds. The molecule has 11 heteroatoms. The molecule has 0 radical (unpaired) electrons. The number of methoxy groups -OCH3 is 1. The van der Waals surface area contributed by atoms with Crippen molar-refractivity contribution in [3.63, 3.8) is 0 Å². The molecule has 0 spiro atoms. The average molecular weight is 582 g/mol. The standard InChI is InChI=1S/C31H27F4N3O4/c1-18-10-19(12-29(42-18)30(6-7-30)31(33,34)35)11-22(39)13-20-4-5-21(14-23(20)32)26-17-37-24-15-28(41-9-8-36-2)27(40-3)16-25(24)38-26/h4-5,8,10,12,14-17H,1,6-7,9,11,13H2,2-3H3. The molecule has 3 aromatic rings. The summed E-state index contributed by atoms with van der Waals surface area (Å²) >= 11 is 0. The van der Waals surface area contributed by atoms with E-state index in [0.717, 1.165) is 0 Å². The molecule has 0 atom stereocenters. The van der Waals surface area contributed by atoms with Gasteiger partial charge in [-0.1, -0.05) is 18.7 Å². The van der Waals surface area contributed by atoms with Crippen LogP contribution in [0.4, 0.5) is 17.6 Å². The van der Waals surface area contributed by atoms with E-state index in [2.05, 4.69) is 21.5 Å². The number of ether oxygens (including phenoxy) is 3. The molecule has 0 saturated heterocycles. The Bertz CT molecular complexity index is 1660. The quantitative estimate of drug-likeness (QED) is 0.195. The normalized spacial score (nSPS) is 16.2. The van der Waals surface area contributed by atoms with Crippen LogP contribution in [0.2, 0.25) is 0 Å². The number of carbonyl (C=O) groups is 1. The lowest BCUT2D eigenvalue weighted by Gasteiger charge is -2.25. The van der Waals surface area contributed by atoms with Crippen LogP contribution in [0.15, 0.2) is 77.3 Å². The molecule has 0 bridgehead atoms. The largest absolute Gasteiger partial charge is 0.493 e. The number of aliphatic imine (C=N–C) groups is 1. The van der Waals surface area contributed by atoms with Crippen molar-refractivity contribution >= 4 is 23.0 Å². The Hall–Kier alpha value is -4.54. The van der Waals surface area contributed by atoms with Crippen LogP contribution in [0.25, 0.3) is 22.3 Å². The number of benzene rings is 2. The third-order valence-corrected chi connectivity index (χ3v) is 7.13. The van der Waals surface area contributed by atoms with Crippen molar-refractivity contribution in [3.05, 3.63) is 83.7 Å². The lowest BCUT2D eigenvalue weighted by atomic mass is 9.95. The molecule has 5 rings (SSSR count). The summed E-state index contributed by atoms with van der Waals surface area (Å²) < 4.78 is 72.1. The van der Waals surface area contributed by atoms with E-state index in [1.807, 2.05) is 0 Å². The maximum Gasteiger partial charge on any atom is 0.401 e. The summed E-state index contributed by atoms with van der Waals surface area (Å²) in [7, 11) is 3.15.